The molecule has 0 aliphatic carbocycles. The number of sulfonamides is 1. The number of nitrogens with one attached hydrogen (secondary N) is 2. The summed E-state index contributed by atoms with van der Waals surface area (Å²) in [5.74, 6) is 0.766. The third kappa shape index (κ3) is 4.16. The zero-order valence-electron chi connectivity index (χ0n) is 10.9. The molecule has 2 aromatic rings. The van der Waals surface area contributed by atoms with E-state index in [0.29, 0.717) is 12.4 Å². The highest BCUT2D eigenvalue weighted by Crippen LogP contribution is 2.09. The zero-order valence-corrected chi connectivity index (χ0v) is 11.8. The van der Waals surface area contributed by atoms with Gasteiger partial charge in [0.05, 0.1) is 5.75 Å². The van der Waals surface area contributed by atoms with E-state index in [0.717, 1.165) is 5.56 Å². The molecule has 0 aliphatic heterocycles. The highest BCUT2D eigenvalue weighted by Gasteiger charge is 2.07. The van der Waals surface area contributed by atoms with Crippen LogP contribution in [0, 0.1) is 0 Å². The summed E-state index contributed by atoms with van der Waals surface area (Å²) < 4.78 is 25.1. The molecule has 2 rings (SSSR count). The van der Waals surface area contributed by atoms with Crippen LogP contribution in [0.4, 0.5) is 11.6 Å². The summed E-state index contributed by atoms with van der Waals surface area (Å²) in [5.41, 5.74) is 1.02. The van der Waals surface area contributed by atoms with Crippen molar-refractivity contribution < 1.29 is 8.42 Å². The number of hydrogen-bond acceptors (Lipinski definition) is 6. The van der Waals surface area contributed by atoms with E-state index in [1.54, 1.807) is 31.5 Å². The van der Waals surface area contributed by atoms with Gasteiger partial charge in [0, 0.05) is 18.9 Å². The molecule has 0 aromatic carbocycles. The van der Waals surface area contributed by atoms with Crippen LogP contribution in [0.3, 0.4) is 0 Å². The highest BCUT2D eigenvalue weighted by molar-refractivity contribution is 7.92. The van der Waals surface area contributed by atoms with Crippen molar-refractivity contribution in [3.05, 3.63) is 42.2 Å². The fraction of sp³-hybridized carbons (Fsp3) is 0.250. The summed E-state index contributed by atoms with van der Waals surface area (Å²) in [4.78, 5) is 4.01. The summed E-state index contributed by atoms with van der Waals surface area (Å²) in [6.45, 7) is 2.13. The largest absolute Gasteiger partial charge is 0.364 e. The minimum atomic E-state index is -3.32. The van der Waals surface area contributed by atoms with Gasteiger partial charge in [-0.15, -0.1) is 10.2 Å². The molecule has 20 heavy (non-hydrogen) atoms. The van der Waals surface area contributed by atoms with Crippen molar-refractivity contribution in [3.8, 4) is 0 Å². The van der Waals surface area contributed by atoms with E-state index < -0.39 is 10.0 Å². The van der Waals surface area contributed by atoms with Crippen LogP contribution in [0.2, 0.25) is 0 Å². The highest BCUT2D eigenvalue weighted by atomic mass is 32.2. The van der Waals surface area contributed by atoms with Crippen LogP contribution in [-0.2, 0) is 16.6 Å². The first kappa shape index (κ1) is 14.2. The molecule has 0 aliphatic rings. The van der Waals surface area contributed by atoms with Crippen LogP contribution >= 0.6 is 0 Å². The fourth-order valence-corrected chi connectivity index (χ4v) is 1.98. The van der Waals surface area contributed by atoms with E-state index in [4.69, 9.17) is 0 Å². The summed E-state index contributed by atoms with van der Waals surface area (Å²) in [6, 6.07) is 7.02. The topological polar surface area (TPSA) is 96.9 Å². The average Bonchev–Trinajstić information content (AvgIpc) is 2.47. The number of anilines is 2. The van der Waals surface area contributed by atoms with Crippen molar-refractivity contribution in [1.29, 1.82) is 0 Å². The summed E-state index contributed by atoms with van der Waals surface area (Å²) >= 11 is 0. The molecular weight excluding hydrogens is 278 g/mol. The number of rotatable bonds is 6. The van der Waals surface area contributed by atoms with E-state index in [2.05, 4.69) is 25.2 Å². The maximum absolute atomic E-state index is 11.4. The van der Waals surface area contributed by atoms with Gasteiger partial charge in [0.1, 0.15) is 5.82 Å². The van der Waals surface area contributed by atoms with Crippen LogP contribution < -0.4 is 10.0 Å². The SMILES string of the molecule is CCS(=O)(=O)Nc1ccc(NCc2cccnc2)nn1. The lowest BCUT2D eigenvalue weighted by molar-refractivity contribution is 0.602. The second-order valence-corrected chi connectivity index (χ2v) is 6.04. The predicted molar refractivity (Wildman–Crippen MR) is 76.7 cm³/mol. The minimum absolute atomic E-state index is 0.00428. The first-order chi connectivity index (χ1) is 9.59. The number of nitrogens with zero attached hydrogens (tertiary/aromatic N) is 3. The second kappa shape index (κ2) is 6.29. The van der Waals surface area contributed by atoms with E-state index in [1.165, 1.54) is 0 Å². The molecule has 0 saturated carbocycles. The molecule has 0 amide bonds. The molecule has 0 bridgehead atoms. The van der Waals surface area contributed by atoms with Crippen molar-refractivity contribution in [2.75, 3.05) is 15.8 Å². The van der Waals surface area contributed by atoms with Gasteiger partial charge in [0.25, 0.3) is 0 Å². The van der Waals surface area contributed by atoms with Gasteiger partial charge in [0.15, 0.2) is 5.82 Å². The maximum Gasteiger partial charge on any atom is 0.233 e. The maximum atomic E-state index is 11.4. The van der Waals surface area contributed by atoms with Crippen LogP contribution in [0.25, 0.3) is 0 Å². The molecule has 2 aromatic heterocycles. The summed E-state index contributed by atoms with van der Waals surface area (Å²) in [5, 5.41) is 10.8. The Bertz CT molecular complexity index is 643. The quantitative estimate of drug-likeness (QED) is 0.832. The lowest BCUT2D eigenvalue weighted by atomic mass is 10.3. The summed E-state index contributed by atoms with van der Waals surface area (Å²) in [7, 11) is -3.32. The molecule has 2 heterocycles. The average molecular weight is 293 g/mol. The lowest BCUT2D eigenvalue weighted by Gasteiger charge is -2.06. The Hall–Kier alpha value is -2.22. The standard InChI is InChI=1S/C12H15N5O2S/c1-2-20(18,19)17-12-6-5-11(15-16-12)14-9-10-4-3-7-13-8-10/h3-8H,2,9H2,1H3,(H,14,15)(H,16,17). The third-order valence-electron chi connectivity index (χ3n) is 2.50. The number of pyridine rings is 1. The molecule has 0 unspecified atom stereocenters. The number of aromatic nitrogens is 3. The van der Waals surface area contributed by atoms with Crippen molar-refractivity contribution in [2.45, 2.75) is 13.5 Å². The van der Waals surface area contributed by atoms with Gasteiger partial charge in [-0.3, -0.25) is 9.71 Å². The van der Waals surface area contributed by atoms with Crippen molar-refractivity contribution in [2.24, 2.45) is 0 Å². The monoisotopic (exact) mass is 293 g/mol. The van der Waals surface area contributed by atoms with E-state index in [9.17, 15) is 8.42 Å². The first-order valence-corrected chi connectivity index (χ1v) is 7.71. The van der Waals surface area contributed by atoms with Gasteiger partial charge < -0.3 is 5.32 Å². The first-order valence-electron chi connectivity index (χ1n) is 6.06. The van der Waals surface area contributed by atoms with Crippen LogP contribution in [0.5, 0.6) is 0 Å². The van der Waals surface area contributed by atoms with Crippen LogP contribution in [0.1, 0.15) is 12.5 Å². The summed E-state index contributed by atoms with van der Waals surface area (Å²) in [6.07, 6.45) is 3.46. The molecule has 106 valence electrons. The Balaban J connectivity index is 1.95. The molecule has 7 nitrogen and oxygen atoms in total. The lowest BCUT2D eigenvalue weighted by Crippen LogP contribution is -2.16. The van der Waals surface area contributed by atoms with Gasteiger partial charge >= 0.3 is 0 Å². The van der Waals surface area contributed by atoms with Crippen LogP contribution in [-0.4, -0.2) is 29.4 Å². The van der Waals surface area contributed by atoms with Gasteiger partial charge in [-0.05, 0) is 30.7 Å². The Morgan fingerprint density at radius 2 is 1.90 bits per heavy atom. The van der Waals surface area contributed by atoms with Crippen molar-refractivity contribution in [1.82, 2.24) is 15.2 Å². The van der Waals surface area contributed by atoms with E-state index in [1.807, 2.05) is 12.1 Å². The molecule has 8 heteroatoms. The molecule has 2 N–H and O–H groups in total. The number of hydrogen-bond donors (Lipinski definition) is 2. The van der Waals surface area contributed by atoms with Crippen molar-refractivity contribution in [3.63, 3.8) is 0 Å². The molecule has 0 fully saturated rings. The minimum Gasteiger partial charge on any atom is -0.364 e. The molecule has 0 radical (unpaired) electrons. The molecule has 0 saturated heterocycles. The molecular formula is C12H15N5O2S. The zero-order chi connectivity index (χ0) is 14.4. The van der Waals surface area contributed by atoms with Gasteiger partial charge in [-0.2, -0.15) is 0 Å². The van der Waals surface area contributed by atoms with Crippen molar-refractivity contribution >= 4 is 21.7 Å². The Morgan fingerprint density at radius 1 is 1.15 bits per heavy atom. The van der Waals surface area contributed by atoms with Gasteiger partial charge in [0.2, 0.25) is 10.0 Å². The van der Waals surface area contributed by atoms with Crippen LogP contribution in [0.15, 0.2) is 36.7 Å². The van der Waals surface area contributed by atoms with Gasteiger partial charge in [-0.25, -0.2) is 8.42 Å². The van der Waals surface area contributed by atoms with E-state index in [-0.39, 0.29) is 11.6 Å². The molecule has 0 spiro atoms. The Morgan fingerprint density at radius 3 is 2.50 bits per heavy atom. The Labute approximate surface area is 117 Å². The normalized spacial score (nSPS) is 11.1. The molecule has 0 atom stereocenters. The second-order valence-electron chi connectivity index (χ2n) is 4.02. The smallest absolute Gasteiger partial charge is 0.233 e. The third-order valence-corrected chi connectivity index (χ3v) is 3.78. The Kier molecular flexibility index (Phi) is 4.46. The predicted octanol–water partition coefficient (Wildman–Crippen LogP) is 1.25. The van der Waals surface area contributed by atoms with Gasteiger partial charge in [-0.1, -0.05) is 6.07 Å². The van der Waals surface area contributed by atoms with E-state index >= 15 is 0 Å². The fourth-order valence-electron chi connectivity index (χ4n) is 1.41.